The Labute approximate surface area is 221 Å². The van der Waals surface area contributed by atoms with E-state index in [0.29, 0.717) is 17.7 Å². The predicted octanol–water partition coefficient (Wildman–Crippen LogP) is 7.00. The van der Waals surface area contributed by atoms with Gasteiger partial charge in [-0.25, -0.2) is 0 Å². The van der Waals surface area contributed by atoms with Crippen molar-refractivity contribution in [3.05, 3.63) is 84.4 Å². The zero-order valence-corrected chi connectivity index (χ0v) is 21.6. The van der Waals surface area contributed by atoms with Gasteiger partial charge in [-0.3, -0.25) is 14.4 Å². The minimum absolute atomic E-state index is 0.0281. The lowest BCUT2D eigenvalue weighted by molar-refractivity contribution is -0.137. The number of carbonyl (C=O) groups excluding carboxylic acids is 2. The van der Waals surface area contributed by atoms with E-state index in [4.69, 9.17) is 9.52 Å². The molecule has 0 saturated carbocycles. The third-order valence-corrected chi connectivity index (χ3v) is 6.68. The number of carbonyl (C=O) groups is 3. The van der Waals surface area contributed by atoms with Gasteiger partial charge in [0.05, 0.1) is 0 Å². The van der Waals surface area contributed by atoms with Crippen LogP contribution in [0.2, 0.25) is 0 Å². The Bertz CT molecular complexity index is 1370. The fourth-order valence-corrected chi connectivity index (χ4v) is 4.24. The summed E-state index contributed by atoms with van der Waals surface area (Å²) in [6.45, 7) is 4.05. The van der Waals surface area contributed by atoms with Crippen molar-refractivity contribution in [3.63, 3.8) is 0 Å². The number of carboxylic acid groups (broad SMARTS) is 1. The van der Waals surface area contributed by atoms with Crippen LogP contribution in [-0.2, 0) is 9.59 Å². The summed E-state index contributed by atoms with van der Waals surface area (Å²) >= 11 is 0. The summed E-state index contributed by atoms with van der Waals surface area (Å²) in [5.74, 6) is -0.326. The molecule has 7 nitrogen and oxygen atoms in total. The fraction of sp³-hybridized carbons (Fsp3) is 0.258. The number of rotatable bonds is 12. The second-order valence-corrected chi connectivity index (χ2v) is 9.47. The van der Waals surface area contributed by atoms with Crippen LogP contribution in [0.15, 0.2) is 83.3 Å². The molecule has 2 atom stereocenters. The zero-order chi connectivity index (χ0) is 27.1. The summed E-state index contributed by atoms with van der Waals surface area (Å²) in [5, 5.41) is 16.1. The summed E-state index contributed by atoms with van der Waals surface area (Å²) in [5.41, 5.74) is 3.70. The molecule has 0 spiro atoms. The summed E-state index contributed by atoms with van der Waals surface area (Å²) in [7, 11) is 0. The Kier molecular flexibility index (Phi) is 8.58. The van der Waals surface area contributed by atoms with Gasteiger partial charge in [-0.2, -0.15) is 0 Å². The second kappa shape index (κ2) is 12.2. The highest BCUT2D eigenvalue weighted by molar-refractivity contribution is 5.98. The average molecular weight is 513 g/mol. The number of aliphatic carboxylic acids is 1. The van der Waals surface area contributed by atoms with Gasteiger partial charge < -0.3 is 20.2 Å². The number of ketones is 1. The standard InChI is InChI=1S/C31H32N2O5/c1-3-20(2)30(32-24-15-11-21(12-16-24)26(34)8-6-10-29(35)36)31(37)33-25-17-13-22(14-18-25)28-19-23-7-4-5-9-27(23)38-28/h4-5,7,9,11-20,30,32H,3,6,8,10H2,1-2H3,(H,33,37)(H,35,36)/t20-,30-/m0/s1. The number of para-hydroxylation sites is 1. The van der Waals surface area contributed by atoms with Crippen LogP contribution in [-0.4, -0.2) is 28.8 Å². The number of hydrogen-bond donors (Lipinski definition) is 3. The number of furan rings is 1. The molecule has 0 aliphatic carbocycles. The SMILES string of the molecule is CC[C@H](C)[C@H](Nc1ccc(C(=O)CCCC(=O)O)cc1)C(=O)Nc1ccc(-c2cc3ccccc3o2)cc1. The van der Waals surface area contributed by atoms with Gasteiger partial charge in [0, 0.05) is 40.7 Å². The van der Waals surface area contributed by atoms with Gasteiger partial charge in [-0.15, -0.1) is 0 Å². The van der Waals surface area contributed by atoms with Crippen molar-refractivity contribution in [1.82, 2.24) is 0 Å². The molecular formula is C31H32N2O5. The molecule has 196 valence electrons. The molecule has 1 aromatic heterocycles. The Morgan fingerprint density at radius 1 is 0.895 bits per heavy atom. The molecule has 3 N–H and O–H groups in total. The van der Waals surface area contributed by atoms with Crippen LogP contribution < -0.4 is 10.6 Å². The van der Waals surface area contributed by atoms with Crippen LogP contribution in [0, 0.1) is 5.92 Å². The highest BCUT2D eigenvalue weighted by atomic mass is 16.4. The van der Waals surface area contributed by atoms with Crippen LogP contribution in [0.4, 0.5) is 11.4 Å². The molecule has 38 heavy (non-hydrogen) atoms. The molecule has 0 aliphatic rings. The maximum Gasteiger partial charge on any atom is 0.303 e. The lowest BCUT2D eigenvalue weighted by Gasteiger charge is -2.24. The van der Waals surface area contributed by atoms with E-state index in [1.165, 1.54) is 0 Å². The molecule has 0 radical (unpaired) electrons. The minimum atomic E-state index is -0.908. The largest absolute Gasteiger partial charge is 0.481 e. The summed E-state index contributed by atoms with van der Waals surface area (Å²) in [4.78, 5) is 36.2. The molecule has 0 aliphatic heterocycles. The molecular weight excluding hydrogens is 480 g/mol. The first-order valence-electron chi connectivity index (χ1n) is 12.9. The number of anilines is 2. The van der Waals surface area contributed by atoms with Crippen molar-refractivity contribution < 1.29 is 23.9 Å². The van der Waals surface area contributed by atoms with Crippen molar-refractivity contribution in [2.75, 3.05) is 10.6 Å². The van der Waals surface area contributed by atoms with Gasteiger partial charge in [0.25, 0.3) is 0 Å². The lowest BCUT2D eigenvalue weighted by atomic mass is 9.97. The van der Waals surface area contributed by atoms with Crippen molar-refractivity contribution in [2.45, 2.75) is 45.6 Å². The Morgan fingerprint density at radius 3 is 2.24 bits per heavy atom. The van der Waals surface area contributed by atoms with Crippen LogP contribution in [0.1, 0.15) is 49.9 Å². The second-order valence-electron chi connectivity index (χ2n) is 9.47. The van der Waals surface area contributed by atoms with Crippen LogP contribution in [0.5, 0.6) is 0 Å². The number of carboxylic acids is 1. The van der Waals surface area contributed by atoms with Gasteiger partial charge in [-0.1, -0.05) is 38.5 Å². The number of Topliss-reactive ketones (excluding diaryl/α,β-unsaturated/α-hetero) is 1. The Morgan fingerprint density at radius 2 is 1.58 bits per heavy atom. The monoisotopic (exact) mass is 512 g/mol. The van der Waals surface area contributed by atoms with Crippen molar-refractivity contribution in [3.8, 4) is 11.3 Å². The number of hydrogen-bond acceptors (Lipinski definition) is 5. The number of amides is 1. The molecule has 4 aromatic rings. The van der Waals surface area contributed by atoms with E-state index in [2.05, 4.69) is 10.6 Å². The van der Waals surface area contributed by atoms with E-state index in [-0.39, 0.29) is 30.4 Å². The predicted molar refractivity (Wildman–Crippen MR) is 149 cm³/mol. The first kappa shape index (κ1) is 26.7. The quantitative estimate of drug-likeness (QED) is 0.176. The van der Waals surface area contributed by atoms with Crippen LogP contribution in [0.3, 0.4) is 0 Å². The van der Waals surface area contributed by atoms with Crippen LogP contribution >= 0.6 is 0 Å². The van der Waals surface area contributed by atoms with Crippen molar-refractivity contribution in [2.24, 2.45) is 5.92 Å². The Hall–Kier alpha value is -4.39. The van der Waals surface area contributed by atoms with E-state index in [9.17, 15) is 14.4 Å². The smallest absolute Gasteiger partial charge is 0.303 e. The van der Waals surface area contributed by atoms with E-state index >= 15 is 0 Å². The molecule has 7 heteroatoms. The molecule has 1 amide bonds. The molecule has 0 saturated heterocycles. The van der Waals surface area contributed by atoms with E-state index in [0.717, 1.165) is 34.4 Å². The first-order valence-corrected chi connectivity index (χ1v) is 12.9. The molecule has 0 bridgehead atoms. The number of benzene rings is 3. The van der Waals surface area contributed by atoms with Crippen LogP contribution in [0.25, 0.3) is 22.3 Å². The van der Waals surface area contributed by atoms with E-state index in [1.54, 1.807) is 24.3 Å². The fourth-order valence-electron chi connectivity index (χ4n) is 4.24. The number of nitrogens with one attached hydrogen (secondary N) is 2. The van der Waals surface area contributed by atoms with E-state index in [1.807, 2.05) is 68.4 Å². The topological polar surface area (TPSA) is 109 Å². The Balaban J connectivity index is 1.40. The molecule has 3 aromatic carbocycles. The zero-order valence-electron chi connectivity index (χ0n) is 21.6. The third kappa shape index (κ3) is 6.68. The molecule has 4 rings (SSSR count). The van der Waals surface area contributed by atoms with Gasteiger partial charge in [0.15, 0.2) is 5.78 Å². The van der Waals surface area contributed by atoms with Gasteiger partial charge in [0.2, 0.25) is 5.91 Å². The normalized spacial score (nSPS) is 12.6. The van der Waals surface area contributed by atoms with Crippen molar-refractivity contribution in [1.29, 1.82) is 0 Å². The van der Waals surface area contributed by atoms with Gasteiger partial charge in [-0.05, 0) is 73.0 Å². The highest BCUT2D eigenvalue weighted by Crippen LogP contribution is 2.28. The van der Waals surface area contributed by atoms with Gasteiger partial charge >= 0.3 is 5.97 Å². The summed E-state index contributed by atoms with van der Waals surface area (Å²) < 4.78 is 5.94. The van der Waals surface area contributed by atoms with Gasteiger partial charge in [0.1, 0.15) is 17.4 Å². The maximum atomic E-state index is 13.2. The number of fused-ring (bicyclic) bond motifs is 1. The van der Waals surface area contributed by atoms with E-state index < -0.39 is 12.0 Å². The minimum Gasteiger partial charge on any atom is -0.481 e. The maximum absolute atomic E-state index is 13.2. The highest BCUT2D eigenvalue weighted by Gasteiger charge is 2.24. The lowest BCUT2D eigenvalue weighted by Crippen LogP contribution is -2.39. The summed E-state index contributed by atoms with van der Waals surface area (Å²) in [6.07, 6.45) is 1.27. The first-order chi connectivity index (χ1) is 18.3. The van der Waals surface area contributed by atoms with Crippen molar-refractivity contribution >= 4 is 40.0 Å². The molecule has 1 heterocycles. The molecule has 0 unspecified atom stereocenters. The molecule has 0 fully saturated rings. The average Bonchev–Trinajstić information content (AvgIpc) is 3.36. The summed E-state index contributed by atoms with van der Waals surface area (Å²) in [6, 6.07) is 23.9. The third-order valence-electron chi connectivity index (χ3n) is 6.68.